The maximum Gasteiger partial charge on any atom is 0.408 e. The van der Waals surface area contributed by atoms with E-state index in [1.807, 2.05) is 0 Å². The molecule has 1 atom stereocenters. The van der Waals surface area contributed by atoms with E-state index in [9.17, 15) is 18.8 Å². The second-order valence-corrected chi connectivity index (χ2v) is 8.88. The number of fused-ring (bicyclic) bond motifs is 1. The Kier molecular flexibility index (Phi) is 6.21. The summed E-state index contributed by atoms with van der Waals surface area (Å²) >= 11 is 1.30. The van der Waals surface area contributed by atoms with Gasteiger partial charge in [-0.3, -0.25) is 4.79 Å². The number of rotatable bonds is 4. The van der Waals surface area contributed by atoms with Gasteiger partial charge in [0.1, 0.15) is 11.4 Å². The molecule has 1 aliphatic heterocycles. The van der Waals surface area contributed by atoms with Crippen molar-refractivity contribution in [3.8, 4) is 0 Å². The van der Waals surface area contributed by atoms with Gasteiger partial charge in [-0.05, 0) is 38.5 Å². The number of esters is 1. The van der Waals surface area contributed by atoms with Crippen LogP contribution in [0.5, 0.6) is 0 Å². The van der Waals surface area contributed by atoms with Crippen molar-refractivity contribution in [2.75, 3.05) is 12.9 Å². The molecule has 0 radical (unpaired) electrons. The van der Waals surface area contributed by atoms with E-state index in [1.165, 1.54) is 41.8 Å². The van der Waals surface area contributed by atoms with E-state index in [0.717, 1.165) is 0 Å². The Hall–Kier alpha value is -2.81. The highest BCUT2D eigenvalue weighted by molar-refractivity contribution is 7.99. The second kappa shape index (κ2) is 8.51. The van der Waals surface area contributed by atoms with Crippen LogP contribution in [0.1, 0.15) is 48.3 Å². The van der Waals surface area contributed by atoms with E-state index >= 15 is 0 Å². The quantitative estimate of drug-likeness (QED) is 0.742. The maximum absolute atomic E-state index is 13.2. The number of amides is 1. The molecule has 1 aromatic carbocycles. The molecule has 2 aromatic rings. The van der Waals surface area contributed by atoms with E-state index in [2.05, 4.69) is 5.32 Å². The second-order valence-electron chi connectivity index (χ2n) is 7.85. The van der Waals surface area contributed by atoms with E-state index < -0.39 is 23.7 Å². The predicted molar refractivity (Wildman–Crippen MR) is 110 cm³/mol. The molecule has 0 aliphatic carbocycles. The van der Waals surface area contributed by atoms with Crippen molar-refractivity contribution in [1.82, 2.24) is 9.88 Å². The fraction of sp³-hybridized carbons (Fsp3) is 0.381. The summed E-state index contributed by atoms with van der Waals surface area (Å²) in [6, 6.07) is 5.13. The Morgan fingerprint density at radius 2 is 1.93 bits per heavy atom. The number of thioether (sulfide) groups is 1. The summed E-state index contributed by atoms with van der Waals surface area (Å²) in [4.78, 5) is 38.3. The molecule has 0 saturated carbocycles. The third-order valence-corrected chi connectivity index (χ3v) is 5.60. The smallest absolute Gasteiger partial charge is 0.408 e. The number of methoxy groups -OCH3 is 1. The lowest BCUT2D eigenvalue weighted by molar-refractivity contribution is 0.0508. The Balaban J connectivity index is 2.00. The van der Waals surface area contributed by atoms with Gasteiger partial charge in [0, 0.05) is 16.8 Å². The first-order chi connectivity index (χ1) is 14.1. The number of aromatic nitrogens is 1. The van der Waals surface area contributed by atoms with Crippen LogP contribution >= 0.6 is 11.8 Å². The molecule has 0 unspecified atom stereocenters. The van der Waals surface area contributed by atoms with Crippen molar-refractivity contribution in [2.45, 2.75) is 43.9 Å². The standard InChI is InChI=1S/C21H23FN2O5S/c1-21(2,3)29-20(27)23-15-11-30-17-14(19(26)28-4)10-24(18(25)16(15)17)9-12-5-7-13(22)8-6-12/h5-8,10,15H,9,11H2,1-4H3,(H,23,27)/t15-/m0/s1. The number of alkyl carbamates (subject to hydrolysis) is 1. The van der Waals surface area contributed by atoms with Crippen LogP contribution in [-0.4, -0.2) is 35.1 Å². The van der Waals surface area contributed by atoms with Crippen molar-refractivity contribution in [3.63, 3.8) is 0 Å². The number of halogens is 1. The predicted octanol–water partition coefficient (Wildman–Crippen LogP) is 3.49. The minimum atomic E-state index is -0.685. The van der Waals surface area contributed by atoms with E-state index in [1.54, 1.807) is 32.9 Å². The van der Waals surface area contributed by atoms with Gasteiger partial charge < -0.3 is 19.4 Å². The molecule has 160 valence electrons. The fourth-order valence-corrected chi connectivity index (χ4v) is 4.37. The Labute approximate surface area is 177 Å². The van der Waals surface area contributed by atoms with E-state index in [-0.39, 0.29) is 23.5 Å². The van der Waals surface area contributed by atoms with Gasteiger partial charge in [-0.15, -0.1) is 11.8 Å². The van der Waals surface area contributed by atoms with Crippen LogP contribution in [0.3, 0.4) is 0 Å². The van der Waals surface area contributed by atoms with Crippen LogP contribution in [0, 0.1) is 5.82 Å². The zero-order valence-electron chi connectivity index (χ0n) is 17.2. The average Bonchev–Trinajstić information content (AvgIpc) is 3.07. The third-order valence-electron chi connectivity index (χ3n) is 4.37. The number of carbonyl (C=O) groups is 2. The summed E-state index contributed by atoms with van der Waals surface area (Å²) in [5, 5.41) is 2.72. The topological polar surface area (TPSA) is 86.6 Å². The van der Waals surface area contributed by atoms with Gasteiger partial charge in [0.2, 0.25) is 0 Å². The number of nitrogens with one attached hydrogen (secondary N) is 1. The molecule has 30 heavy (non-hydrogen) atoms. The van der Waals surface area contributed by atoms with Crippen molar-refractivity contribution < 1.29 is 23.5 Å². The molecular weight excluding hydrogens is 411 g/mol. The largest absolute Gasteiger partial charge is 0.465 e. The van der Waals surface area contributed by atoms with Crippen LogP contribution in [0.15, 0.2) is 40.2 Å². The maximum atomic E-state index is 13.2. The summed E-state index contributed by atoms with van der Waals surface area (Å²) in [7, 11) is 1.26. The number of pyridine rings is 1. The molecule has 1 N–H and O–H groups in total. The first-order valence-corrected chi connectivity index (χ1v) is 10.3. The molecule has 0 bridgehead atoms. The van der Waals surface area contributed by atoms with E-state index in [0.29, 0.717) is 21.8 Å². The fourth-order valence-electron chi connectivity index (χ4n) is 3.11. The number of ether oxygens (including phenoxy) is 2. The molecule has 3 rings (SSSR count). The summed E-state index contributed by atoms with van der Waals surface area (Å²) in [6.07, 6.45) is 0.799. The van der Waals surface area contributed by atoms with Crippen LogP contribution < -0.4 is 10.9 Å². The third kappa shape index (κ3) is 4.84. The molecule has 1 aromatic heterocycles. The summed E-state index contributed by atoms with van der Waals surface area (Å²) in [6.45, 7) is 5.37. The first kappa shape index (κ1) is 21.9. The van der Waals surface area contributed by atoms with Gasteiger partial charge in [-0.2, -0.15) is 0 Å². The van der Waals surface area contributed by atoms with Gasteiger partial charge in [0.15, 0.2) is 0 Å². The zero-order valence-corrected chi connectivity index (χ0v) is 18.0. The number of carbonyl (C=O) groups excluding carboxylic acids is 2. The molecule has 2 heterocycles. The van der Waals surface area contributed by atoms with Crippen molar-refractivity contribution in [3.05, 3.63) is 63.3 Å². The van der Waals surface area contributed by atoms with Crippen LogP contribution in [-0.2, 0) is 16.0 Å². The summed E-state index contributed by atoms with van der Waals surface area (Å²) in [5.41, 5.74) is 0.225. The monoisotopic (exact) mass is 434 g/mol. The lowest BCUT2D eigenvalue weighted by Gasteiger charge is -2.22. The van der Waals surface area contributed by atoms with Crippen LogP contribution in [0.2, 0.25) is 0 Å². The number of benzene rings is 1. The highest BCUT2D eigenvalue weighted by Crippen LogP contribution is 2.39. The van der Waals surface area contributed by atoms with Gasteiger partial charge in [0.05, 0.1) is 30.8 Å². The van der Waals surface area contributed by atoms with Gasteiger partial charge in [0.25, 0.3) is 5.56 Å². The minimum absolute atomic E-state index is 0.139. The Morgan fingerprint density at radius 3 is 2.53 bits per heavy atom. The number of hydrogen-bond acceptors (Lipinski definition) is 6. The summed E-state index contributed by atoms with van der Waals surface area (Å²) in [5.74, 6) is -0.577. The molecule has 7 nitrogen and oxygen atoms in total. The van der Waals surface area contributed by atoms with E-state index in [4.69, 9.17) is 9.47 Å². The first-order valence-electron chi connectivity index (χ1n) is 9.31. The molecule has 0 fully saturated rings. The highest BCUT2D eigenvalue weighted by Gasteiger charge is 2.34. The highest BCUT2D eigenvalue weighted by atomic mass is 32.2. The van der Waals surface area contributed by atoms with Crippen LogP contribution in [0.4, 0.5) is 9.18 Å². The molecule has 1 aliphatic rings. The minimum Gasteiger partial charge on any atom is -0.465 e. The average molecular weight is 434 g/mol. The number of nitrogens with zero attached hydrogens (tertiary/aromatic N) is 1. The molecule has 0 saturated heterocycles. The van der Waals surface area contributed by atoms with Gasteiger partial charge in [-0.25, -0.2) is 14.0 Å². The molecule has 9 heteroatoms. The normalized spacial score (nSPS) is 15.4. The van der Waals surface area contributed by atoms with Crippen molar-refractivity contribution in [1.29, 1.82) is 0 Å². The molecule has 1 amide bonds. The van der Waals surface area contributed by atoms with Crippen molar-refractivity contribution in [2.24, 2.45) is 0 Å². The summed E-state index contributed by atoms with van der Waals surface area (Å²) < 4.78 is 24.7. The van der Waals surface area contributed by atoms with Crippen molar-refractivity contribution >= 4 is 23.8 Å². The van der Waals surface area contributed by atoms with Crippen LogP contribution in [0.25, 0.3) is 0 Å². The molecular formula is C21H23FN2O5S. The SMILES string of the molecule is COC(=O)c1cn(Cc2ccc(F)cc2)c(=O)c2c1SC[C@@H]2NC(=O)OC(C)(C)C. The number of hydrogen-bond donors (Lipinski definition) is 1. The lowest BCUT2D eigenvalue weighted by atomic mass is 10.1. The van der Waals surface area contributed by atoms with Gasteiger partial charge >= 0.3 is 12.1 Å². The molecule has 0 spiro atoms. The Bertz CT molecular complexity index is 1030. The lowest BCUT2D eigenvalue weighted by Crippen LogP contribution is -2.38. The van der Waals surface area contributed by atoms with Gasteiger partial charge in [-0.1, -0.05) is 12.1 Å². The zero-order chi connectivity index (χ0) is 22.1. The Morgan fingerprint density at radius 1 is 1.27 bits per heavy atom.